The summed E-state index contributed by atoms with van der Waals surface area (Å²) in [4.78, 5) is 29.2. The van der Waals surface area contributed by atoms with Crippen molar-refractivity contribution in [3.63, 3.8) is 0 Å². The first-order valence-corrected chi connectivity index (χ1v) is 15.0. The molecule has 5 aromatic rings. The van der Waals surface area contributed by atoms with Gasteiger partial charge in [-0.15, -0.1) is 0 Å². The number of hydrogen-bond acceptors (Lipinski definition) is 8. The normalized spacial score (nSPS) is 13.3. The fourth-order valence-electron chi connectivity index (χ4n) is 5.16. The molecule has 11 nitrogen and oxygen atoms in total. The minimum atomic E-state index is -0.336. The maximum Gasteiger partial charge on any atom is 1.00 e. The van der Waals surface area contributed by atoms with Gasteiger partial charge in [0.2, 0.25) is 5.95 Å². The van der Waals surface area contributed by atoms with Crippen LogP contribution in [0.15, 0.2) is 60.0 Å². The first kappa shape index (κ1) is 36.0. The van der Waals surface area contributed by atoms with Gasteiger partial charge in [0.05, 0.1) is 19.3 Å². The van der Waals surface area contributed by atoms with Crippen molar-refractivity contribution in [3.8, 4) is 11.1 Å². The topological polar surface area (TPSA) is 120 Å². The van der Waals surface area contributed by atoms with Crippen LogP contribution in [0.4, 0.5) is 16.2 Å². The van der Waals surface area contributed by atoms with Crippen molar-refractivity contribution in [3.05, 3.63) is 82.5 Å². The van der Waals surface area contributed by atoms with E-state index in [1.54, 1.807) is 27.5 Å². The zero-order valence-corrected chi connectivity index (χ0v) is 28.9. The molecule has 0 amide bonds. The predicted molar refractivity (Wildman–Crippen MR) is 174 cm³/mol. The zero-order chi connectivity index (χ0) is 31.8. The number of rotatable bonds is 7. The van der Waals surface area contributed by atoms with E-state index in [2.05, 4.69) is 30.0 Å². The molecule has 14 heteroatoms. The second-order valence-corrected chi connectivity index (χ2v) is 9.79. The van der Waals surface area contributed by atoms with Crippen LogP contribution in [0.2, 0.25) is 0 Å². The van der Waals surface area contributed by atoms with Crippen LogP contribution in [0, 0.1) is 5.82 Å². The predicted octanol–water partition coefficient (Wildman–Crippen LogP) is 0.249. The van der Waals surface area contributed by atoms with Crippen molar-refractivity contribution in [2.45, 2.75) is 47.1 Å². The van der Waals surface area contributed by atoms with Crippen LogP contribution in [-0.4, -0.2) is 80.1 Å². The number of nitrogens with one attached hydrogen (secondary N) is 1. The van der Waals surface area contributed by atoms with Crippen LogP contribution < -0.4 is 50.5 Å². The van der Waals surface area contributed by atoms with Gasteiger partial charge in [-0.3, -0.25) is 14.5 Å². The summed E-state index contributed by atoms with van der Waals surface area (Å²) in [7, 11) is 6.27. The summed E-state index contributed by atoms with van der Waals surface area (Å²) in [6, 6.07) is 8.06. The molecule has 45 heavy (non-hydrogen) atoms. The summed E-state index contributed by atoms with van der Waals surface area (Å²) in [5.41, 5.74) is 3.77. The maximum atomic E-state index is 13.3. The number of nitrogens with zero attached hydrogens (tertiary/aromatic N) is 8. The molecule has 1 fully saturated rings. The molecule has 1 aliphatic heterocycles. The number of fused-ring (bicyclic) bond motifs is 1. The molecule has 1 atom stereocenters. The Morgan fingerprint density at radius 3 is 2.33 bits per heavy atom. The summed E-state index contributed by atoms with van der Waals surface area (Å²) >= 11 is 0. The summed E-state index contributed by atoms with van der Waals surface area (Å²) in [5, 5.41) is 17.8. The van der Waals surface area contributed by atoms with Gasteiger partial charge in [0.1, 0.15) is 25.5 Å². The van der Waals surface area contributed by atoms with Gasteiger partial charge in [0.15, 0.2) is 5.82 Å². The molecule has 0 aliphatic carbocycles. The second-order valence-electron chi connectivity index (χ2n) is 9.79. The van der Waals surface area contributed by atoms with Gasteiger partial charge in [-0.05, 0) is 23.8 Å². The molecule has 2 radical (unpaired) electrons. The number of halogens is 1. The van der Waals surface area contributed by atoms with Crippen molar-refractivity contribution in [2.24, 2.45) is 0 Å². The van der Waals surface area contributed by atoms with E-state index in [0.29, 0.717) is 44.2 Å². The van der Waals surface area contributed by atoms with Gasteiger partial charge in [-0.25, -0.2) is 18.9 Å². The van der Waals surface area contributed by atoms with E-state index in [9.17, 15) is 9.18 Å². The molecule has 0 spiro atoms. The quantitative estimate of drug-likeness (QED) is 0.248. The Bertz CT molecular complexity index is 1720. The Morgan fingerprint density at radius 1 is 1.02 bits per heavy atom. The van der Waals surface area contributed by atoms with E-state index in [1.165, 1.54) is 18.5 Å². The van der Waals surface area contributed by atoms with Crippen molar-refractivity contribution >= 4 is 30.7 Å². The minimum absolute atomic E-state index is 0. The Balaban J connectivity index is 0.00000118. The summed E-state index contributed by atoms with van der Waals surface area (Å²) in [6.07, 6.45) is 7.13. The largest absolute Gasteiger partial charge is 1.00 e. The fourth-order valence-corrected chi connectivity index (χ4v) is 5.16. The number of aromatic nitrogens is 7. The average Bonchev–Trinajstić information content (AvgIpc) is 3.70. The van der Waals surface area contributed by atoms with Gasteiger partial charge in [-0.1, -0.05) is 46.8 Å². The monoisotopic (exact) mass is 623 g/mol. The third kappa shape index (κ3) is 8.02. The molecular formula is C31H40BFN9NaO2. The number of piperazine rings is 1. The molecule has 0 bridgehead atoms. The van der Waals surface area contributed by atoms with Crippen molar-refractivity contribution in [2.75, 3.05) is 42.6 Å². The van der Waals surface area contributed by atoms with E-state index in [0.717, 1.165) is 28.0 Å². The Kier molecular flexibility index (Phi) is 13.3. The smallest absolute Gasteiger partial charge is 1.00 e. The van der Waals surface area contributed by atoms with Crippen LogP contribution in [0.1, 0.15) is 53.1 Å². The van der Waals surface area contributed by atoms with Gasteiger partial charge in [-0.2, -0.15) is 10.2 Å². The molecule has 232 valence electrons. The number of anilines is 2. The average molecular weight is 624 g/mol. The van der Waals surface area contributed by atoms with Crippen LogP contribution >= 0.6 is 0 Å². The van der Waals surface area contributed by atoms with Crippen LogP contribution in [0.3, 0.4) is 0 Å². The van der Waals surface area contributed by atoms with E-state index >= 15 is 0 Å². The molecule has 1 saturated heterocycles. The van der Waals surface area contributed by atoms with Gasteiger partial charge in [0.25, 0.3) is 5.56 Å². The van der Waals surface area contributed by atoms with Crippen molar-refractivity contribution in [1.82, 2.24) is 34.3 Å². The van der Waals surface area contributed by atoms with Gasteiger partial charge < -0.3 is 16.3 Å². The third-order valence-electron chi connectivity index (χ3n) is 7.34. The molecule has 6 rings (SSSR count). The number of H-pyrrole nitrogens is 1. The summed E-state index contributed by atoms with van der Waals surface area (Å²) in [6.45, 7) is 12.8. The molecule has 1 aromatic carbocycles. The Morgan fingerprint density at radius 2 is 1.69 bits per heavy atom. The molecule has 1 unspecified atom stereocenters. The van der Waals surface area contributed by atoms with E-state index < -0.39 is 0 Å². The first-order valence-electron chi connectivity index (χ1n) is 15.0. The van der Waals surface area contributed by atoms with E-state index in [1.807, 2.05) is 58.0 Å². The Labute approximate surface area is 287 Å². The molecular weight excluding hydrogens is 583 g/mol. The minimum Gasteiger partial charge on any atom is -1.00 e. The number of benzene rings is 1. The number of aliphatic hydroxyl groups is 1. The summed E-state index contributed by atoms with van der Waals surface area (Å²) in [5.74, 6) is 0.568. The van der Waals surface area contributed by atoms with Gasteiger partial charge >= 0.3 is 29.6 Å². The number of hydrogen-bond donors (Lipinski definition) is 2. The van der Waals surface area contributed by atoms with Gasteiger partial charge in [0, 0.05) is 66.8 Å². The van der Waals surface area contributed by atoms with E-state index in [-0.39, 0.29) is 60.5 Å². The SMILES string of the molecule is CC.CC.[B]c1nc(N2CCN(c3ncnn4cc(-c5cnn(CCO)c5)cc34)CC2)[nH]c(=O)c1C(C)c1ccc(F)cc1.[H-].[Na+]. The third-order valence-corrected chi connectivity index (χ3v) is 7.34. The van der Waals surface area contributed by atoms with Crippen molar-refractivity contribution in [1.29, 1.82) is 0 Å². The van der Waals surface area contributed by atoms with Crippen LogP contribution in [0.5, 0.6) is 0 Å². The molecule has 0 saturated carbocycles. The number of aliphatic hydroxyl groups excluding tert-OH is 1. The zero-order valence-electron chi connectivity index (χ0n) is 27.9. The first-order chi connectivity index (χ1) is 21.4. The fraction of sp³-hybridized carbons (Fsp3) is 0.387. The Hall–Kier alpha value is -3.52. The standard InChI is InChI=1S/C27H27BFN9O2.2C2H6.Na.H/c1-17(18-2-4-21(29)5-3-18)23-24(28)33-27(34-26(23)40)36-8-6-35(7-9-36)25-22-12-19(15-38(22)32-16-30-25)20-13-31-37(14-20)10-11-39;2*1-2;;/h2-5,12-17,39H,6-11H2,1H3,(H,33,34,40);2*1-2H3;;/q;;;+1;-1. The second kappa shape index (κ2) is 16.7. The molecule has 1 aliphatic rings. The van der Waals surface area contributed by atoms with Crippen molar-refractivity contribution < 1.29 is 40.5 Å². The summed E-state index contributed by atoms with van der Waals surface area (Å²) < 4.78 is 16.8. The molecule has 4 aromatic heterocycles. The van der Waals surface area contributed by atoms with Crippen LogP contribution in [-0.2, 0) is 6.54 Å². The number of aromatic amines is 1. The molecule has 2 N–H and O–H groups in total. The molecule has 5 heterocycles. The van der Waals surface area contributed by atoms with Crippen LogP contribution in [0.25, 0.3) is 16.6 Å². The maximum absolute atomic E-state index is 13.3. The van der Waals surface area contributed by atoms with E-state index in [4.69, 9.17) is 13.0 Å².